The Morgan fingerprint density at radius 2 is 2.11 bits per heavy atom. The summed E-state index contributed by atoms with van der Waals surface area (Å²) in [6.07, 6.45) is 1.43. The molecule has 0 saturated heterocycles. The van der Waals surface area contributed by atoms with E-state index in [0.717, 1.165) is 4.47 Å². The van der Waals surface area contributed by atoms with E-state index in [1.165, 1.54) is 6.20 Å². The van der Waals surface area contributed by atoms with Crippen LogP contribution in [-0.2, 0) is 0 Å². The highest BCUT2D eigenvalue weighted by molar-refractivity contribution is 9.10. The number of pyridine rings is 1. The molecular weight excluding hydrogens is 318 g/mol. The molecule has 2 aromatic rings. The Balaban J connectivity index is 2.21. The van der Waals surface area contributed by atoms with Crippen LogP contribution < -0.4 is 11.1 Å². The number of nitrogens with zero attached hydrogens (tertiary/aromatic N) is 1. The Labute approximate surface area is 117 Å². The number of nitrogens with two attached hydrogens (primary N) is 1. The van der Waals surface area contributed by atoms with E-state index in [4.69, 9.17) is 17.3 Å². The van der Waals surface area contributed by atoms with E-state index >= 15 is 0 Å². The Morgan fingerprint density at radius 3 is 2.78 bits per heavy atom. The molecule has 1 amide bonds. The SMILES string of the molecule is Nc1ccc(C(=O)Nc2cc(Cl)ccc2Br)nc1. The van der Waals surface area contributed by atoms with Gasteiger partial charge in [-0.25, -0.2) is 4.98 Å². The van der Waals surface area contributed by atoms with Gasteiger partial charge in [0, 0.05) is 9.50 Å². The number of aromatic nitrogens is 1. The minimum absolute atomic E-state index is 0.288. The Kier molecular flexibility index (Phi) is 3.84. The van der Waals surface area contributed by atoms with Crippen LogP contribution >= 0.6 is 27.5 Å². The molecule has 0 aliphatic heterocycles. The second-order valence-corrected chi connectivity index (χ2v) is 4.85. The molecule has 92 valence electrons. The molecule has 0 aliphatic rings. The normalized spacial score (nSPS) is 10.1. The molecule has 1 heterocycles. The third-order valence-electron chi connectivity index (χ3n) is 2.20. The summed E-state index contributed by atoms with van der Waals surface area (Å²) in [5.74, 6) is -0.321. The molecule has 18 heavy (non-hydrogen) atoms. The third kappa shape index (κ3) is 3.00. The Bertz CT molecular complexity index is 586. The van der Waals surface area contributed by atoms with Crippen molar-refractivity contribution in [2.24, 2.45) is 0 Å². The number of carbonyl (C=O) groups is 1. The first-order valence-corrected chi connectivity index (χ1v) is 6.21. The minimum Gasteiger partial charge on any atom is -0.397 e. The number of rotatable bonds is 2. The van der Waals surface area contributed by atoms with Gasteiger partial charge >= 0.3 is 0 Å². The molecule has 0 fully saturated rings. The van der Waals surface area contributed by atoms with Gasteiger partial charge in [-0.2, -0.15) is 0 Å². The lowest BCUT2D eigenvalue weighted by Gasteiger charge is -2.07. The van der Waals surface area contributed by atoms with E-state index in [2.05, 4.69) is 26.2 Å². The van der Waals surface area contributed by atoms with Crippen LogP contribution in [0.3, 0.4) is 0 Å². The number of carbonyl (C=O) groups excluding carboxylic acids is 1. The number of nitrogen functional groups attached to an aromatic ring is 1. The standard InChI is InChI=1S/C12H9BrClN3O/c13-9-3-1-7(14)5-11(9)17-12(18)10-4-2-8(15)6-16-10/h1-6H,15H2,(H,17,18). The monoisotopic (exact) mass is 325 g/mol. The van der Waals surface area contributed by atoms with Crippen LogP contribution in [0.15, 0.2) is 41.0 Å². The van der Waals surface area contributed by atoms with Gasteiger partial charge in [-0.1, -0.05) is 11.6 Å². The fraction of sp³-hybridized carbons (Fsp3) is 0. The lowest BCUT2D eigenvalue weighted by molar-refractivity contribution is 0.102. The summed E-state index contributed by atoms with van der Waals surface area (Å²) in [7, 11) is 0. The number of halogens is 2. The molecule has 0 saturated carbocycles. The molecule has 6 heteroatoms. The topological polar surface area (TPSA) is 68.0 Å². The highest BCUT2D eigenvalue weighted by Gasteiger charge is 2.09. The summed E-state index contributed by atoms with van der Waals surface area (Å²) >= 11 is 9.19. The molecule has 2 rings (SSSR count). The fourth-order valence-electron chi connectivity index (χ4n) is 1.32. The van der Waals surface area contributed by atoms with Gasteiger partial charge in [0.2, 0.25) is 0 Å². The maximum Gasteiger partial charge on any atom is 0.274 e. The minimum atomic E-state index is -0.321. The van der Waals surface area contributed by atoms with Gasteiger partial charge in [0.15, 0.2) is 0 Å². The summed E-state index contributed by atoms with van der Waals surface area (Å²) in [5, 5.41) is 3.25. The first kappa shape index (κ1) is 12.9. The number of nitrogens with one attached hydrogen (secondary N) is 1. The smallest absolute Gasteiger partial charge is 0.274 e. The second kappa shape index (κ2) is 5.37. The van der Waals surface area contributed by atoms with Crippen LogP contribution in [0.5, 0.6) is 0 Å². The van der Waals surface area contributed by atoms with Crippen molar-refractivity contribution in [3.05, 3.63) is 51.7 Å². The highest BCUT2D eigenvalue weighted by atomic mass is 79.9. The number of benzene rings is 1. The number of anilines is 2. The van der Waals surface area contributed by atoms with Gasteiger partial charge < -0.3 is 11.1 Å². The van der Waals surface area contributed by atoms with Gasteiger partial charge in [-0.3, -0.25) is 4.79 Å². The van der Waals surface area contributed by atoms with Crippen LogP contribution in [0.2, 0.25) is 5.02 Å². The summed E-state index contributed by atoms with van der Waals surface area (Å²) < 4.78 is 0.746. The predicted molar refractivity (Wildman–Crippen MR) is 75.8 cm³/mol. The van der Waals surface area contributed by atoms with E-state index < -0.39 is 0 Å². The van der Waals surface area contributed by atoms with Crippen molar-refractivity contribution in [2.75, 3.05) is 11.1 Å². The van der Waals surface area contributed by atoms with E-state index in [-0.39, 0.29) is 11.6 Å². The van der Waals surface area contributed by atoms with Crippen LogP contribution in [0.1, 0.15) is 10.5 Å². The summed E-state index contributed by atoms with van der Waals surface area (Å²) in [4.78, 5) is 15.9. The lowest BCUT2D eigenvalue weighted by Crippen LogP contribution is -2.14. The lowest BCUT2D eigenvalue weighted by atomic mass is 10.3. The van der Waals surface area contributed by atoms with Gasteiger partial charge in [0.25, 0.3) is 5.91 Å². The van der Waals surface area contributed by atoms with Crippen molar-refractivity contribution in [1.29, 1.82) is 0 Å². The zero-order chi connectivity index (χ0) is 13.1. The molecule has 0 unspecified atom stereocenters. The van der Waals surface area contributed by atoms with E-state index in [1.54, 1.807) is 30.3 Å². The van der Waals surface area contributed by atoms with Crippen LogP contribution in [0.4, 0.5) is 11.4 Å². The van der Waals surface area contributed by atoms with Crippen molar-refractivity contribution in [3.8, 4) is 0 Å². The van der Waals surface area contributed by atoms with Gasteiger partial charge in [0.1, 0.15) is 5.69 Å². The number of hydrogen-bond donors (Lipinski definition) is 2. The predicted octanol–water partition coefficient (Wildman–Crippen LogP) is 3.33. The maximum absolute atomic E-state index is 11.9. The van der Waals surface area contributed by atoms with Gasteiger partial charge in [-0.05, 0) is 46.3 Å². The van der Waals surface area contributed by atoms with Crippen molar-refractivity contribution in [3.63, 3.8) is 0 Å². The van der Waals surface area contributed by atoms with Gasteiger partial charge in [-0.15, -0.1) is 0 Å². The van der Waals surface area contributed by atoms with Crippen LogP contribution in [0.25, 0.3) is 0 Å². The van der Waals surface area contributed by atoms with Crippen molar-refractivity contribution >= 4 is 44.8 Å². The maximum atomic E-state index is 11.9. The molecule has 0 atom stereocenters. The fourth-order valence-corrected chi connectivity index (χ4v) is 1.84. The van der Waals surface area contributed by atoms with Crippen LogP contribution in [-0.4, -0.2) is 10.9 Å². The molecule has 1 aromatic carbocycles. The van der Waals surface area contributed by atoms with Crippen molar-refractivity contribution < 1.29 is 4.79 Å². The molecule has 4 nitrogen and oxygen atoms in total. The highest BCUT2D eigenvalue weighted by Crippen LogP contribution is 2.26. The number of hydrogen-bond acceptors (Lipinski definition) is 3. The van der Waals surface area contributed by atoms with E-state index in [9.17, 15) is 4.79 Å². The summed E-state index contributed by atoms with van der Waals surface area (Å²) in [6, 6.07) is 8.32. The molecule has 0 radical (unpaired) electrons. The van der Waals surface area contributed by atoms with E-state index in [0.29, 0.717) is 16.4 Å². The Morgan fingerprint density at radius 1 is 1.33 bits per heavy atom. The van der Waals surface area contributed by atoms with Crippen molar-refractivity contribution in [2.45, 2.75) is 0 Å². The van der Waals surface area contributed by atoms with Crippen LogP contribution in [0, 0.1) is 0 Å². The average Bonchev–Trinajstić information content (AvgIpc) is 2.34. The first-order chi connectivity index (χ1) is 8.56. The first-order valence-electron chi connectivity index (χ1n) is 5.04. The van der Waals surface area contributed by atoms with E-state index in [1.807, 2.05) is 0 Å². The largest absolute Gasteiger partial charge is 0.397 e. The molecule has 0 aliphatic carbocycles. The molecule has 3 N–H and O–H groups in total. The zero-order valence-electron chi connectivity index (χ0n) is 9.15. The Hall–Kier alpha value is -1.59. The molecule has 1 aromatic heterocycles. The van der Waals surface area contributed by atoms with Gasteiger partial charge in [0.05, 0.1) is 17.6 Å². The summed E-state index contributed by atoms with van der Waals surface area (Å²) in [5.41, 5.74) is 6.89. The second-order valence-electron chi connectivity index (χ2n) is 3.56. The summed E-state index contributed by atoms with van der Waals surface area (Å²) in [6.45, 7) is 0. The van der Waals surface area contributed by atoms with Crippen molar-refractivity contribution in [1.82, 2.24) is 4.98 Å². The zero-order valence-corrected chi connectivity index (χ0v) is 11.5. The average molecular weight is 327 g/mol. The third-order valence-corrected chi connectivity index (χ3v) is 3.12. The number of amides is 1. The molecule has 0 spiro atoms. The quantitative estimate of drug-likeness (QED) is 0.889. The molecular formula is C12H9BrClN3O. The molecule has 0 bridgehead atoms.